The molecular weight excluding hydrogens is 216 g/mol. The fraction of sp³-hybridized carbons (Fsp3) is 0. The summed E-state index contributed by atoms with van der Waals surface area (Å²) in [6.07, 6.45) is 1.51. The largest absolute Gasteiger partial charge is 0.435 e. The van der Waals surface area contributed by atoms with Crippen molar-refractivity contribution in [3.05, 3.63) is 47.7 Å². The van der Waals surface area contributed by atoms with E-state index in [1.54, 1.807) is 30.3 Å². The normalized spacial score (nSPS) is 9.06. The smallest absolute Gasteiger partial charge is 0.238 e. The van der Waals surface area contributed by atoms with E-state index in [1.165, 1.54) is 6.20 Å². The molecule has 0 radical (unpaired) electrons. The number of rotatable bonds is 2. The molecular formula is C12H6N4O. The maximum absolute atomic E-state index is 8.94. The molecule has 17 heavy (non-hydrogen) atoms. The van der Waals surface area contributed by atoms with Crippen molar-refractivity contribution in [1.29, 1.82) is 10.5 Å². The number of nitrogens with zero attached hydrogens (tertiary/aromatic N) is 4. The third-order valence-corrected chi connectivity index (χ3v) is 2.01. The first-order valence-corrected chi connectivity index (χ1v) is 4.74. The summed E-state index contributed by atoms with van der Waals surface area (Å²) in [6, 6.07) is 12.0. The highest BCUT2D eigenvalue weighted by Crippen LogP contribution is 2.26. The van der Waals surface area contributed by atoms with Crippen molar-refractivity contribution in [2.45, 2.75) is 0 Å². The number of hydrogen-bond donors (Lipinski definition) is 0. The predicted molar refractivity (Wildman–Crippen MR) is 58.0 cm³/mol. The SMILES string of the molecule is N#Cc1cccc(C#N)c1Oc1cccnn1. The topological polar surface area (TPSA) is 82.6 Å². The first-order valence-electron chi connectivity index (χ1n) is 4.74. The molecule has 0 atom stereocenters. The zero-order chi connectivity index (χ0) is 12.1. The van der Waals surface area contributed by atoms with Crippen molar-refractivity contribution in [2.75, 3.05) is 0 Å². The molecule has 5 heteroatoms. The maximum atomic E-state index is 8.94. The van der Waals surface area contributed by atoms with Crippen LogP contribution in [0.1, 0.15) is 11.1 Å². The van der Waals surface area contributed by atoms with Crippen LogP contribution in [0.5, 0.6) is 11.6 Å². The highest BCUT2D eigenvalue weighted by atomic mass is 16.5. The molecule has 2 aromatic rings. The fourth-order valence-corrected chi connectivity index (χ4v) is 1.27. The second-order valence-corrected chi connectivity index (χ2v) is 3.07. The Morgan fingerprint density at radius 1 is 1.00 bits per heavy atom. The van der Waals surface area contributed by atoms with E-state index in [0.717, 1.165) is 0 Å². The average molecular weight is 222 g/mol. The zero-order valence-electron chi connectivity index (χ0n) is 8.66. The predicted octanol–water partition coefficient (Wildman–Crippen LogP) is 2.01. The van der Waals surface area contributed by atoms with Crippen LogP contribution < -0.4 is 4.74 Å². The van der Waals surface area contributed by atoms with E-state index in [-0.39, 0.29) is 22.8 Å². The third kappa shape index (κ3) is 2.19. The lowest BCUT2D eigenvalue weighted by molar-refractivity contribution is 0.452. The van der Waals surface area contributed by atoms with Crippen LogP contribution in [0.4, 0.5) is 0 Å². The summed E-state index contributed by atoms with van der Waals surface area (Å²) in [4.78, 5) is 0. The Kier molecular flexibility index (Phi) is 2.95. The fourth-order valence-electron chi connectivity index (χ4n) is 1.27. The first-order chi connectivity index (χ1) is 8.35. The average Bonchev–Trinajstić information content (AvgIpc) is 2.40. The van der Waals surface area contributed by atoms with E-state index in [0.29, 0.717) is 0 Å². The molecule has 0 fully saturated rings. The Labute approximate surface area is 97.5 Å². The van der Waals surface area contributed by atoms with Gasteiger partial charge in [-0.1, -0.05) is 6.07 Å². The van der Waals surface area contributed by atoms with Crippen molar-refractivity contribution in [3.63, 3.8) is 0 Å². The highest BCUT2D eigenvalue weighted by Gasteiger charge is 2.10. The van der Waals surface area contributed by atoms with Crippen LogP contribution in [0, 0.1) is 22.7 Å². The van der Waals surface area contributed by atoms with Gasteiger partial charge in [-0.15, -0.1) is 5.10 Å². The van der Waals surface area contributed by atoms with Crippen LogP contribution in [-0.4, -0.2) is 10.2 Å². The number of benzene rings is 1. The van der Waals surface area contributed by atoms with Gasteiger partial charge in [-0.25, -0.2) is 0 Å². The molecule has 0 aliphatic rings. The van der Waals surface area contributed by atoms with Gasteiger partial charge < -0.3 is 4.74 Å². The molecule has 0 unspecified atom stereocenters. The number of aromatic nitrogens is 2. The summed E-state index contributed by atoms with van der Waals surface area (Å²) < 4.78 is 5.40. The molecule has 1 aromatic carbocycles. The lowest BCUT2D eigenvalue weighted by atomic mass is 10.1. The van der Waals surface area contributed by atoms with Gasteiger partial charge in [-0.3, -0.25) is 0 Å². The number of para-hydroxylation sites is 1. The van der Waals surface area contributed by atoms with Crippen molar-refractivity contribution in [1.82, 2.24) is 10.2 Å². The van der Waals surface area contributed by atoms with Gasteiger partial charge in [0.1, 0.15) is 12.1 Å². The van der Waals surface area contributed by atoms with Gasteiger partial charge in [0.25, 0.3) is 0 Å². The summed E-state index contributed by atoms with van der Waals surface area (Å²) >= 11 is 0. The zero-order valence-corrected chi connectivity index (χ0v) is 8.66. The van der Waals surface area contributed by atoms with Gasteiger partial charge in [0, 0.05) is 12.3 Å². The van der Waals surface area contributed by atoms with Crippen molar-refractivity contribution in [3.8, 4) is 23.8 Å². The van der Waals surface area contributed by atoms with Gasteiger partial charge in [-0.2, -0.15) is 15.6 Å². The summed E-state index contributed by atoms with van der Waals surface area (Å²) in [5.74, 6) is 0.449. The molecule has 0 aliphatic carbocycles. The molecule has 2 rings (SSSR count). The van der Waals surface area contributed by atoms with E-state index < -0.39 is 0 Å². The quantitative estimate of drug-likeness (QED) is 0.776. The Hall–Kier alpha value is -2.92. The lowest BCUT2D eigenvalue weighted by Gasteiger charge is -2.06. The van der Waals surface area contributed by atoms with Crippen molar-refractivity contribution < 1.29 is 4.74 Å². The molecule has 5 nitrogen and oxygen atoms in total. The molecule has 0 amide bonds. The van der Waals surface area contributed by atoms with Gasteiger partial charge >= 0.3 is 0 Å². The summed E-state index contributed by atoms with van der Waals surface area (Å²) in [5, 5.41) is 25.3. The highest BCUT2D eigenvalue weighted by molar-refractivity contribution is 5.54. The molecule has 1 aromatic heterocycles. The molecule has 0 saturated heterocycles. The van der Waals surface area contributed by atoms with E-state index in [9.17, 15) is 0 Å². The van der Waals surface area contributed by atoms with Crippen LogP contribution in [0.2, 0.25) is 0 Å². The van der Waals surface area contributed by atoms with Crippen molar-refractivity contribution >= 4 is 0 Å². The van der Waals surface area contributed by atoms with Gasteiger partial charge in [0.15, 0.2) is 5.75 Å². The Balaban J connectivity index is 2.46. The Morgan fingerprint density at radius 2 is 1.71 bits per heavy atom. The molecule has 0 N–H and O–H groups in total. The molecule has 0 bridgehead atoms. The summed E-state index contributed by atoms with van der Waals surface area (Å²) in [5.41, 5.74) is 0.574. The Morgan fingerprint density at radius 3 is 2.24 bits per heavy atom. The standard InChI is InChI=1S/C12H6N4O/c13-7-9-3-1-4-10(8-14)12(9)17-11-5-2-6-15-16-11/h1-6H. The minimum atomic E-state index is 0.206. The maximum Gasteiger partial charge on any atom is 0.238 e. The minimum absolute atomic E-state index is 0.206. The minimum Gasteiger partial charge on any atom is -0.435 e. The Bertz CT molecular complexity index is 578. The van der Waals surface area contributed by atoms with E-state index in [4.69, 9.17) is 15.3 Å². The number of hydrogen-bond acceptors (Lipinski definition) is 5. The van der Waals surface area contributed by atoms with Gasteiger partial charge in [-0.05, 0) is 18.2 Å². The van der Waals surface area contributed by atoms with Crippen LogP contribution in [0.3, 0.4) is 0 Å². The molecule has 80 valence electrons. The number of nitriles is 2. The molecule has 0 spiro atoms. The van der Waals surface area contributed by atoms with Crippen LogP contribution >= 0.6 is 0 Å². The summed E-state index contributed by atoms with van der Waals surface area (Å²) in [7, 11) is 0. The summed E-state index contributed by atoms with van der Waals surface area (Å²) in [6.45, 7) is 0. The molecule has 0 aliphatic heterocycles. The monoisotopic (exact) mass is 222 g/mol. The number of ether oxygens (including phenoxy) is 1. The molecule has 0 saturated carbocycles. The first kappa shape index (κ1) is 10.6. The second-order valence-electron chi connectivity index (χ2n) is 3.07. The van der Waals surface area contributed by atoms with Gasteiger partial charge in [0.05, 0.1) is 11.1 Å². The second kappa shape index (κ2) is 4.73. The third-order valence-electron chi connectivity index (χ3n) is 2.01. The van der Waals surface area contributed by atoms with Crippen LogP contribution in [-0.2, 0) is 0 Å². The lowest BCUT2D eigenvalue weighted by Crippen LogP contribution is -1.94. The van der Waals surface area contributed by atoms with Crippen LogP contribution in [0.15, 0.2) is 36.5 Å². The van der Waals surface area contributed by atoms with E-state index in [1.807, 2.05) is 12.1 Å². The van der Waals surface area contributed by atoms with Crippen LogP contribution in [0.25, 0.3) is 0 Å². The van der Waals surface area contributed by atoms with E-state index in [2.05, 4.69) is 10.2 Å². The van der Waals surface area contributed by atoms with Gasteiger partial charge in [0.2, 0.25) is 5.88 Å². The van der Waals surface area contributed by atoms with E-state index >= 15 is 0 Å². The van der Waals surface area contributed by atoms with Crippen molar-refractivity contribution in [2.24, 2.45) is 0 Å². The molecule has 1 heterocycles.